The van der Waals surface area contributed by atoms with Gasteiger partial charge in [-0.3, -0.25) is 0 Å². The molecule has 0 unspecified atom stereocenters. The lowest BCUT2D eigenvalue weighted by molar-refractivity contribution is 0.140. The SMILES string of the molecule is C=C(C)CCOCCC(=C)C.Oc1cccc2ccccc12. The Morgan fingerprint density at radius 3 is 2.00 bits per heavy atom. The molecule has 0 amide bonds. The molecule has 118 valence electrons. The van der Waals surface area contributed by atoms with Crippen molar-refractivity contribution in [2.45, 2.75) is 26.7 Å². The van der Waals surface area contributed by atoms with Gasteiger partial charge in [0.1, 0.15) is 5.75 Å². The van der Waals surface area contributed by atoms with E-state index >= 15 is 0 Å². The number of benzene rings is 2. The first-order valence-corrected chi connectivity index (χ1v) is 7.54. The van der Waals surface area contributed by atoms with E-state index in [-0.39, 0.29) is 0 Å². The van der Waals surface area contributed by atoms with Crippen LogP contribution in [-0.2, 0) is 4.74 Å². The highest BCUT2D eigenvalue weighted by Crippen LogP contribution is 2.22. The average molecular weight is 298 g/mol. The van der Waals surface area contributed by atoms with E-state index in [0.29, 0.717) is 5.75 Å². The molecule has 0 bridgehead atoms. The number of aromatic hydroxyl groups is 1. The van der Waals surface area contributed by atoms with E-state index in [2.05, 4.69) is 13.2 Å². The number of rotatable bonds is 6. The van der Waals surface area contributed by atoms with E-state index in [4.69, 9.17) is 4.74 Å². The van der Waals surface area contributed by atoms with Crippen molar-refractivity contribution in [1.82, 2.24) is 0 Å². The molecule has 0 saturated carbocycles. The minimum absolute atomic E-state index is 0.350. The van der Waals surface area contributed by atoms with Gasteiger partial charge in [0.15, 0.2) is 0 Å². The molecule has 22 heavy (non-hydrogen) atoms. The lowest BCUT2D eigenvalue weighted by Gasteiger charge is -2.02. The lowest BCUT2D eigenvalue weighted by Crippen LogP contribution is -1.97. The van der Waals surface area contributed by atoms with Crippen molar-refractivity contribution in [3.8, 4) is 5.75 Å². The van der Waals surface area contributed by atoms with Crippen LogP contribution in [-0.4, -0.2) is 18.3 Å². The topological polar surface area (TPSA) is 29.5 Å². The molecule has 0 aliphatic rings. The summed E-state index contributed by atoms with van der Waals surface area (Å²) < 4.78 is 5.33. The molecule has 2 nitrogen and oxygen atoms in total. The number of ether oxygens (including phenoxy) is 1. The Labute approximate surface area is 133 Å². The maximum atomic E-state index is 9.37. The molecule has 0 aromatic heterocycles. The molecular formula is C20H26O2. The van der Waals surface area contributed by atoms with Crippen LogP contribution in [0.15, 0.2) is 66.8 Å². The summed E-state index contributed by atoms with van der Waals surface area (Å²) in [7, 11) is 0. The average Bonchev–Trinajstić information content (AvgIpc) is 2.47. The molecule has 2 rings (SSSR count). The molecule has 2 aromatic carbocycles. The molecule has 0 fully saturated rings. The molecule has 0 radical (unpaired) electrons. The van der Waals surface area contributed by atoms with Gasteiger partial charge in [-0.15, -0.1) is 13.2 Å². The number of fused-ring (bicyclic) bond motifs is 1. The van der Waals surface area contributed by atoms with Crippen molar-refractivity contribution < 1.29 is 9.84 Å². The van der Waals surface area contributed by atoms with Crippen LogP contribution in [0.2, 0.25) is 0 Å². The Morgan fingerprint density at radius 2 is 1.45 bits per heavy atom. The second-order valence-electron chi connectivity index (χ2n) is 5.52. The fourth-order valence-corrected chi connectivity index (χ4v) is 1.80. The first-order valence-electron chi connectivity index (χ1n) is 7.54. The Balaban J connectivity index is 0.000000220. The number of phenols is 1. The number of hydrogen-bond acceptors (Lipinski definition) is 2. The quantitative estimate of drug-likeness (QED) is 0.565. The van der Waals surface area contributed by atoms with Gasteiger partial charge in [0.05, 0.1) is 13.2 Å². The van der Waals surface area contributed by atoms with Gasteiger partial charge >= 0.3 is 0 Å². The van der Waals surface area contributed by atoms with Crippen LogP contribution in [0.5, 0.6) is 5.75 Å². The molecule has 2 heteroatoms. The lowest BCUT2D eigenvalue weighted by atomic mass is 10.1. The van der Waals surface area contributed by atoms with Gasteiger partial charge in [-0.2, -0.15) is 0 Å². The standard InChI is InChI=1S/C10H8O.C10H18O/c11-10-7-3-5-8-4-1-2-6-9(8)10;1-9(2)5-7-11-8-6-10(3)4/h1-7,11H;1,3,5-8H2,2,4H3. The Hall–Kier alpha value is -2.06. The molecule has 0 spiro atoms. The summed E-state index contributed by atoms with van der Waals surface area (Å²) >= 11 is 0. The van der Waals surface area contributed by atoms with Crippen LogP contribution in [0.1, 0.15) is 26.7 Å². The Kier molecular flexibility index (Phi) is 8.01. The minimum Gasteiger partial charge on any atom is -0.507 e. The second-order valence-corrected chi connectivity index (χ2v) is 5.52. The Morgan fingerprint density at radius 1 is 0.909 bits per heavy atom. The molecule has 0 saturated heterocycles. The van der Waals surface area contributed by atoms with Crippen LogP contribution < -0.4 is 0 Å². The van der Waals surface area contributed by atoms with E-state index < -0.39 is 0 Å². The van der Waals surface area contributed by atoms with Crippen LogP contribution >= 0.6 is 0 Å². The second kappa shape index (κ2) is 9.80. The predicted molar refractivity (Wildman–Crippen MR) is 95.3 cm³/mol. The summed E-state index contributed by atoms with van der Waals surface area (Å²) in [4.78, 5) is 0. The zero-order valence-corrected chi connectivity index (χ0v) is 13.6. The predicted octanol–water partition coefficient (Wildman–Crippen LogP) is 5.48. The summed E-state index contributed by atoms with van der Waals surface area (Å²) in [6, 6.07) is 13.3. The van der Waals surface area contributed by atoms with Crippen LogP contribution in [0.3, 0.4) is 0 Å². The normalized spacial score (nSPS) is 9.91. The molecular weight excluding hydrogens is 272 g/mol. The third-order valence-corrected chi connectivity index (χ3v) is 3.11. The monoisotopic (exact) mass is 298 g/mol. The first kappa shape index (κ1) is 18.0. The number of phenolic OH excluding ortho intramolecular Hbond substituents is 1. The van der Waals surface area contributed by atoms with Crippen molar-refractivity contribution >= 4 is 10.8 Å². The number of hydrogen-bond donors (Lipinski definition) is 1. The van der Waals surface area contributed by atoms with Gasteiger partial charge in [-0.1, -0.05) is 47.5 Å². The summed E-state index contributed by atoms with van der Waals surface area (Å²) in [5.41, 5.74) is 2.36. The summed E-state index contributed by atoms with van der Waals surface area (Å²) in [6.07, 6.45) is 1.94. The van der Waals surface area contributed by atoms with Gasteiger partial charge in [0.25, 0.3) is 0 Å². The smallest absolute Gasteiger partial charge is 0.123 e. The largest absolute Gasteiger partial charge is 0.507 e. The van der Waals surface area contributed by atoms with Crippen LogP contribution in [0, 0.1) is 0 Å². The highest BCUT2D eigenvalue weighted by molar-refractivity contribution is 5.87. The van der Waals surface area contributed by atoms with Crippen molar-refractivity contribution in [1.29, 1.82) is 0 Å². The maximum absolute atomic E-state index is 9.37. The van der Waals surface area contributed by atoms with E-state index in [0.717, 1.165) is 36.8 Å². The van der Waals surface area contributed by atoms with Crippen molar-refractivity contribution in [3.63, 3.8) is 0 Å². The van der Waals surface area contributed by atoms with Crippen molar-refractivity contribution in [2.24, 2.45) is 0 Å². The van der Waals surface area contributed by atoms with Gasteiger partial charge in [-0.05, 0) is 38.1 Å². The van der Waals surface area contributed by atoms with E-state index in [1.807, 2.05) is 50.2 Å². The Bertz CT molecular complexity index is 593. The zero-order chi connectivity index (χ0) is 16.4. The molecule has 0 aliphatic heterocycles. The molecule has 1 N–H and O–H groups in total. The van der Waals surface area contributed by atoms with Gasteiger partial charge < -0.3 is 9.84 Å². The summed E-state index contributed by atoms with van der Waals surface area (Å²) in [5.74, 6) is 0.350. The maximum Gasteiger partial charge on any atom is 0.123 e. The zero-order valence-electron chi connectivity index (χ0n) is 13.6. The van der Waals surface area contributed by atoms with Crippen LogP contribution in [0.4, 0.5) is 0 Å². The van der Waals surface area contributed by atoms with Crippen LogP contribution in [0.25, 0.3) is 10.8 Å². The van der Waals surface area contributed by atoms with Gasteiger partial charge in [0, 0.05) is 5.39 Å². The minimum atomic E-state index is 0.350. The van der Waals surface area contributed by atoms with Crippen molar-refractivity contribution in [2.75, 3.05) is 13.2 Å². The fourth-order valence-electron chi connectivity index (χ4n) is 1.80. The summed E-state index contributed by atoms with van der Waals surface area (Å²) in [6.45, 7) is 13.2. The molecule has 0 atom stereocenters. The molecule has 0 aliphatic carbocycles. The van der Waals surface area contributed by atoms with Gasteiger partial charge in [-0.25, -0.2) is 0 Å². The highest BCUT2D eigenvalue weighted by atomic mass is 16.5. The summed E-state index contributed by atoms with van der Waals surface area (Å²) in [5, 5.41) is 11.4. The van der Waals surface area contributed by atoms with E-state index in [9.17, 15) is 5.11 Å². The van der Waals surface area contributed by atoms with E-state index in [1.54, 1.807) is 6.07 Å². The molecule has 2 aromatic rings. The van der Waals surface area contributed by atoms with Crippen molar-refractivity contribution in [3.05, 3.63) is 66.8 Å². The van der Waals surface area contributed by atoms with Gasteiger partial charge in [0.2, 0.25) is 0 Å². The highest BCUT2D eigenvalue weighted by Gasteiger charge is 1.94. The first-order chi connectivity index (χ1) is 10.5. The van der Waals surface area contributed by atoms with E-state index in [1.165, 1.54) is 11.1 Å². The third kappa shape index (κ3) is 7.09. The third-order valence-electron chi connectivity index (χ3n) is 3.11. The molecule has 0 heterocycles. The fraction of sp³-hybridized carbons (Fsp3) is 0.300.